The first-order valence-corrected chi connectivity index (χ1v) is 5.99. The van der Waals surface area contributed by atoms with Crippen LogP contribution in [0.25, 0.3) is 10.9 Å². The number of amides is 1. The van der Waals surface area contributed by atoms with Gasteiger partial charge in [-0.1, -0.05) is 32.0 Å². The number of H-pyrrole nitrogens is 1. The quantitative estimate of drug-likeness (QED) is 0.762. The smallest absolute Gasteiger partial charge is 0.272 e. The van der Waals surface area contributed by atoms with Gasteiger partial charge < -0.3 is 10.4 Å². The Hall–Kier alpha value is -1.88. The molecule has 96 valence electrons. The van der Waals surface area contributed by atoms with Crippen LogP contribution in [0.3, 0.4) is 0 Å². The second-order valence-electron chi connectivity index (χ2n) is 4.64. The number of aliphatic hydroxyl groups is 1. The van der Waals surface area contributed by atoms with Crippen LogP contribution in [0.2, 0.25) is 0 Å². The summed E-state index contributed by atoms with van der Waals surface area (Å²) in [6.07, 6.45) is -0.542. The Balaban J connectivity index is 2.10. The van der Waals surface area contributed by atoms with E-state index in [0.29, 0.717) is 5.69 Å². The third-order valence-electron chi connectivity index (χ3n) is 2.93. The van der Waals surface area contributed by atoms with Crippen LogP contribution in [-0.2, 0) is 0 Å². The zero-order valence-electron chi connectivity index (χ0n) is 10.5. The number of hydrogen-bond donors (Lipinski definition) is 3. The van der Waals surface area contributed by atoms with Crippen molar-refractivity contribution in [1.29, 1.82) is 0 Å². The van der Waals surface area contributed by atoms with Gasteiger partial charge in [-0.2, -0.15) is 5.10 Å². The van der Waals surface area contributed by atoms with Gasteiger partial charge >= 0.3 is 0 Å². The first-order chi connectivity index (χ1) is 8.59. The van der Waals surface area contributed by atoms with E-state index in [1.165, 1.54) is 0 Å². The average molecular weight is 247 g/mol. The van der Waals surface area contributed by atoms with Gasteiger partial charge in [0.25, 0.3) is 5.91 Å². The van der Waals surface area contributed by atoms with Crippen molar-refractivity contribution in [1.82, 2.24) is 15.5 Å². The van der Waals surface area contributed by atoms with Crippen LogP contribution >= 0.6 is 0 Å². The van der Waals surface area contributed by atoms with E-state index in [1.807, 2.05) is 38.1 Å². The Morgan fingerprint density at radius 3 is 2.89 bits per heavy atom. The number of fused-ring (bicyclic) bond motifs is 1. The molecule has 0 saturated carbocycles. The molecule has 2 aromatic rings. The molecule has 2 rings (SSSR count). The summed E-state index contributed by atoms with van der Waals surface area (Å²) >= 11 is 0. The lowest BCUT2D eigenvalue weighted by atomic mass is 10.1. The van der Waals surface area contributed by atoms with Crippen LogP contribution in [0.5, 0.6) is 0 Å². The van der Waals surface area contributed by atoms with Crippen molar-refractivity contribution in [2.45, 2.75) is 20.0 Å². The summed E-state index contributed by atoms with van der Waals surface area (Å²) in [4.78, 5) is 11.9. The number of rotatable bonds is 4. The molecule has 1 heterocycles. The minimum Gasteiger partial charge on any atom is -0.391 e. The van der Waals surface area contributed by atoms with E-state index in [9.17, 15) is 9.90 Å². The average Bonchev–Trinajstić information content (AvgIpc) is 2.79. The third kappa shape index (κ3) is 2.51. The van der Waals surface area contributed by atoms with Gasteiger partial charge in [-0.15, -0.1) is 0 Å². The van der Waals surface area contributed by atoms with Crippen LogP contribution in [0.4, 0.5) is 0 Å². The zero-order chi connectivity index (χ0) is 13.1. The molecule has 1 atom stereocenters. The molecule has 0 saturated heterocycles. The fourth-order valence-electron chi connectivity index (χ4n) is 1.65. The van der Waals surface area contributed by atoms with Crippen molar-refractivity contribution in [3.05, 3.63) is 30.0 Å². The highest BCUT2D eigenvalue weighted by atomic mass is 16.3. The van der Waals surface area contributed by atoms with Crippen LogP contribution < -0.4 is 5.32 Å². The molecule has 0 bridgehead atoms. The van der Waals surface area contributed by atoms with Crippen molar-refractivity contribution >= 4 is 16.8 Å². The van der Waals surface area contributed by atoms with E-state index >= 15 is 0 Å². The maximum Gasteiger partial charge on any atom is 0.272 e. The van der Waals surface area contributed by atoms with Crippen molar-refractivity contribution in [2.24, 2.45) is 5.92 Å². The number of aliphatic hydroxyl groups excluding tert-OH is 1. The first-order valence-electron chi connectivity index (χ1n) is 5.99. The topological polar surface area (TPSA) is 78.0 Å². The molecule has 1 aromatic heterocycles. The number of aromatic amines is 1. The van der Waals surface area contributed by atoms with E-state index in [-0.39, 0.29) is 18.4 Å². The normalized spacial score (nSPS) is 12.9. The molecule has 0 fully saturated rings. The molecule has 5 heteroatoms. The first kappa shape index (κ1) is 12.6. The van der Waals surface area contributed by atoms with Crippen LogP contribution in [-0.4, -0.2) is 33.9 Å². The van der Waals surface area contributed by atoms with Gasteiger partial charge in [0.05, 0.1) is 11.6 Å². The minimum atomic E-state index is -0.542. The molecule has 1 unspecified atom stereocenters. The predicted molar refractivity (Wildman–Crippen MR) is 69.3 cm³/mol. The molecule has 0 aliphatic rings. The van der Waals surface area contributed by atoms with Crippen LogP contribution in [0, 0.1) is 5.92 Å². The molecule has 1 amide bonds. The Kier molecular flexibility index (Phi) is 3.62. The van der Waals surface area contributed by atoms with Gasteiger partial charge in [0, 0.05) is 11.9 Å². The van der Waals surface area contributed by atoms with Crippen molar-refractivity contribution < 1.29 is 9.90 Å². The van der Waals surface area contributed by atoms with Crippen molar-refractivity contribution in [3.63, 3.8) is 0 Å². The summed E-state index contributed by atoms with van der Waals surface area (Å²) in [6, 6.07) is 7.44. The number of nitrogens with one attached hydrogen (secondary N) is 2. The summed E-state index contributed by atoms with van der Waals surface area (Å²) in [6.45, 7) is 4.04. The molecule has 5 nitrogen and oxygen atoms in total. The van der Waals surface area contributed by atoms with Gasteiger partial charge in [-0.3, -0.25) is 9.89 Å². The summed E-state index contributed by atoms with van der Waals surface area (Å²) in [5, 5.41) is 19.9. The lowest BCUT2D eigenvalue weighted by Crippen LogP contribution is -2.34. The maximum absolute atomic E-state index is 11.9. The fraction of sp³-hybridized carbons (Fsp3) is 0.385. The van der Waals surface area contributed by atoms with Gasteiger partial charge in [0.2, 0.25) is 0 Å². The monoisotopic (exact) mass is 247 g/mol. The van der Waals surface area contributed by atoms with Gasteiger partial charge in [-0.25, -0.2) is 0 Å². The van der Waals surface area contributed by atoms with Crippen LogP contribution in [0.1, 0.15) is 24.3 Å². The molecule has 0 aliphatic carbocycles. The lowest BCUT2D eigenvalue weighted by Gasteiger charge is -2.14. The number of aromatic nitrogens is 2. The Morgan fingerprint density at radius 2 is 2.17 bits per heavy atom. The number of benzene rings is 1. The number of carbonyl (C=O) groups is 1. The highest BCUT2D eigenvalue weighted by molar-refractivity contribution is 6.04. The molecule has 3 N–H and O–H groups in total. The third-order valence-corrected chi connectivity index (χ3v) is 2.93. The van der Waals surface area contributed by atoms with Gasteiger partial charge in [-0.05, 0) is 12.0 Å². The lowest BCUT2D eigenvalue weighted by molar-refractivity contribution is 0.0868. The molecular formula is C13H17N3O2. The second kappa shape index (κ2) is 5.18. The van der Waals surface area contributed by atoms with E-state index in [1.54, 1.807) is 0 Å². The Labute approximate surface area is 105 Å². The fourth-order valence-corrected chi connectivity index (χ4v) is 1.65. The van der Waals surface area contributed by atoms with Gasteiger partial charge in [0.15, 0.2) is 5.69 Å². The second-order valence-corrected chi connectivity index (χ2v) is 4.64. The van der Waals surface area contributed by atoms with Crippen molar-refractivity contribution in [3.8, 4) is 0 Å². The molecule has 0 spiro atoms. The summed E-state index contributed by atoms with van der Waals surface area (Å²) in [5.41, 5.74) is 1.19. The largest absolute Gasteiger partial charge is 0.391 e. The molecule has 0 aliphatic heterocycles. The SMILES string of the molecule is CC(C)C(O)CNC(=O)c1n[nH]c2ccccc12. The molecule has 0 radical (unpaired) electrons. The number of para-hydroxylation sites is 1. The number of carbonyl (C=O) groups excluding carboxylic acids is 1. The van der Waals surface area contributed by atoms with E-state index < -0.39 is 6.10 Å². The Bertz CT molecular complexity index is 548. The highest BCUT2D eigenvalue weighted by Crippen LogP contribution is 2.14. The molecular weight excluding hydrogens is 230 g/mol. The standard InChI is InChI=1S/C13H17N3O2/c1-8(2)11(17)7-14-13(18)12-9-5-3-4-6-10(9)15-16-12/h3-6,8,11,17H,7H2,1-2H3,(H,14,18)(H,15,16). The predicted octanol–water partition coefficient (Wildman–Crippen LogP) is 1.31. The summed E-state index contributed by atoms with van der Waals surface area (Å²) < 4.78 is 0. The van der Waals surface area contributed by atoms with E-state index in [0.717, 1.165) is 10.9 Å². The van der Waals surface area contributed by atoms with Gasteiger partial charge in [0.1, 0.15) is 0 Å². The minimum absolute atomic E-state index is 0.112. The summed E-state index contributed by atoms with van der Waals surface area (Å²) in [7, 11) is 0. The zero-order valence-corrected chi connectivity index (χ0v) is 10.5. The van der Waals surface area contributed by atoms with E-state index in [2.05, 4.69) is 15.5 Å². The summed E-state index contributed by atoms with van der Waals surface area (Å²) in [5.74, 6) is -0.159. The maximum atomic E-state index is 11.9. The Morgan fingerprint density at radius 1 is 1.44 bits per heavy atom. The van der Waals surface area contributed by atoms with E-state index in [4.69, 9.17) is 0 Å². The molecule has 18 heavy (non-hydrogen) atoms. The number of nitrogens with zero attached hydrogens (tertiary/aromatic N) is 1. The highest BCUT2D eigenvalue weighted by Gasteiger charge is 2.16. The molecule has 1 aromatic carbocycles. The van der Waals surface area contributed by atoms with Crippen molar-refractivity contribution in [2.75, 3.05) is 6.54 Å². The van der Waals surface area contributed by atoms with Crippen LogP contribution in [0.15, 0.2) is 24.3 Å². The number of hydrogen-bond acceptors (Lipinski definition) is 3.